The molecule has 4 heteroatoms. The number of hydrogen-bond donors (Lipinski definition) is 0. The van der Waals surface area contributed by atoms with Crippen LogP contribution >= 0.6 is 0 Å². The lowest BCUT2D eigenvalue weighted by atomic mass is 9.79. The fraction of sp³-hybridized carbons (Fsp3) is 0.556. The Hall–Kier alpha value is -1.55. The Balaban J connectivity index is 1.55. The zero-order valence-corrected chi connectivity index (χ0v) is 19.7. The second-order valence-electron chi connectivity index (χ2n) is 9.71. The van der Waals surface area contributed by atoms with Crippen LogP contribution in [0.25, 0.3) is 11.1 Å². The van der Waals surface area contributed by atoms with Gasteiger partial charge in [0.05, 0.1) is 6.67 Å². The molecule has 0 spiro atoms. The van der Waals surface area contributed by atoms with Crippen LogP contribution in [0.15, 0.2) is 36.4 Å². The molecule has 1 heterocycles. The highest BCUT2D eigenvalue weighted by Gasteiger charge is 2.26. The van der Waals surface area contributed by atoms with Crippen molar-refractivity contribution in [2.45, 2.75) is 87.8 Å². The SMILES string of the molecule is FCCCC[Si@H]1CC[C@H](c2ccc(-c3ccc(F)c(F)c3)c(C3CCCCC3)c2)CC1. The molecule has 2 aromatic rings. The van der Waals surface area contributed by atoms with Gasteiger partial charge < -0.3 is 0 Å². The van der Waals surface area contributed by atoms with E-state index in [4.69, 9.17) is 0 Å². The maximum Gasteiger partial charge on any atom is 0.159 e. The van der Waals surface area contributed by atoms with Crippen molar-refractivity contribution in [3.05, 3.63) is 59.2 Å². The summed E-state index contributed by atoms with van der Waals surface area (Å²) in [6.45, 7) is -0.169. The molecule has 0 bridgehead atoms. The van der Waals surface area contributed by atoms with Crippen molar-refractivity contribution in [1.82, 2.24) is 0 Å². The maximum absolute atomic E-state index is 14.0. The highest BCUT2D eigenvalue weighted by molar-refractivity contribution is 6.59. The molecule has 0 amide bonds. The zero-order chi connectivity index (χ0) is 21.6. The molecule has 2 aliphatic rings. The minimum atomic E-state index is -0.785. The minimum Gasteiger partial charge on any atom is -0.251 e. The molecule has 31 heavy (non-hydrogen) atoms. The standard InChI is InChI=1S/C27H35F3Si/c28-14-4-5-15-31-16-12-20(13-17-31)22-8-10-24(23-9-11-26(29)27(30)19-23)25(18-22)21-6-2-1-3-7-21/h8-11,18-21,31H,1-7,12-17H2/t20-,31-. The van der Waals surface area contributed by atoms with Crippen LogP contribution in [0, 0.1) is 11.6 Å². The Labute approximate surface area is 186 Å². The number of alkyl halides is 1. The molecular weight excluding hydrogens is 409 g/mol. The lowest BCUT2D eigenvalue weighted by Gasteiger charge is -2.30. The Morgan fingerprint density at radius 2 is 1.55 bits per heavy atom. The largest absolute Gasteiger partial charge is 0.251 e. The Morgan fingerprint density at radius 3 is 2.26 bits per heavy atom. The van der Waals surface area contributed by atoms with Crippen LogP contribution in [0.2, 0.25) is 18.1 Å². The number of unbranched alkanes of at least 4 members (excludes halogenated alkanes) is 1. The third-order valence-corrected chi connectivity index (χ3v) is 11.2. The topological polar surface area (TPSA) is 0 Å². The fourth-order valence-electron chi connectivity index (χ4n) is 5.83. The summed E-state index contributed by atoms with van der Waals surface area (Å²) in [6, 6.07) is 15.2. The molecule has 168 valence electrons. The highest BCUT2D eigenvalue weighted by atomic mass is 28.3. The van der Waals surface area contributed by atoms with Gasteiger partial charge in [0.1, 0.15) is 0 Å². The first-order valence-electron chi connectivity index (χ1n) is 12.3. The molecule has 2 aromatic carbocycles. The van der Waals surface area contributed by atoms with Crippen LogP contribution in [0.4, 0.5) is 13.2 Å². The van der Waals surface area contributed by atoms with Crippen molar-refractivity contribution < 1.29 is 13.2 Å². The predicted molar refractivity (Wildman–Crippen MR) is 126 cm³/mol. The van der Waals surface area contributed by atoms with Crippen LogP contribution in [-0.2, 0) is 0 Å². The van der Waals surface area contributed by atoms with Crippen LogP contribution < -0.4 is 0 Å². The van der Waals surface area contributed by atoms with Crippen LogP contribution in [-0.4, -0.2) is 15.5 Å². The van der Waals surface area contributed by atoms with Gasteiger partial charge in [-0.1, -0.05) is 68.1 Å². The molecule has 0 N–H and O–H groups in total. The first kappa shape index (κ1) is 22.6. The lowest BCUT2D eigenvalue weighted by Crippen LogP contribution is -2.20. The summed E-state index contributed by atoms with van der Waals surface area (Å²) in [6.07, 6.45) is 10.5. The molecule has 0 radical (unpaired) electrons. The maximum atomic E-state index is 14.0. The summed E-state index contributed by atoms with van der Waals surface area (Å²) in [4.78, 5) is 0. The number of rotatable bonds is 7. The summed E-state index contributed by atoms with van der Waals surface area (Å²) >= 11 is 0. The summed E-state index contributed by atoms with van der Waals surface area (Å²) in [7, 11) is -0.673. The average Bonchev–Trinajstić information content (AvgIpc) is 2.82. The van der Waals surface area contributed by atoms with E-state index in [1.165, 1.54) is 86.3 Å². The van der Waals surface area contributed by atoms with E-state index in [0.29, 0.717) is 11.8 Å². The second kappa shape index (κ2) is 10.8. The lowest BCUT2D eigenvalue weighted by molar-refractivity contribution is 0.443. The van der Waals surface area contributed by atoms with E-state index in [9.17, 15) is 13.2 Å². The van der Waals surface area contributed by atoms with Gasteiger partial charge in [0, 0.05) is 8.80 Å². The molecule has 1 aliphatic heterocycles. The van der Waals surface area contributed by atoms with E-state index in [1.54, 1.807) is 6.07 Å². The molecule has 1 aliphatic carbocycles. The third-order valence-electron chi connectivity index (χ3n) is 7.67. The van der Waals surface area contributed by atoms with Gasteiger partial charge in [-0.2, -0.15) is 0 Å². The van der Waals surface area contributed by atoms with Crippen molar-refractivity contribution in [1.29, 1.82) is 0 Å². The molecule has 0 unspecified atom stereocenters. The first-order chi connectivity index (χ1) is 15.2. The summed E-state index contributed by atoms with van der Waals surface area (Å²) in [5.41, 5.74) is 4.63. The van der Waals surface area contributed by atoms with Gasteiger partial charge in [0.25, 0.3) is 0 Å². The van der Waals surface area contributed by atoms with Crippen molar-refractivity contribution in [3.8, 4) is 11.1 Å². The van der Waals surface area contributed by atoms with E-state index in [1.807, 2.05) is 0 Å². The number of halogens is 3. The molecule has 2 fully saturated rings. The number of hydrogen-bond acceptors (Lipinski definition) is 0. The van der Waals surface area contributed by atoms with Crippen molar-refractivity contribution >= 4 is 8.80 Å². The van der Waals surface area contributed by atoms with Crippen molar-refractivity contribution in [2.75, 3.05) is 6.67 Å². The van der Waals surface area contributed by atoms with Crippen molar-refractivity contribution in [3.63, 3.8) is 0 Å². The molecule has 0 nitrogen and oxygen atoms in total. The second-order valence-corrected chi connectivity index (χ2v) is 13.2. The molecule has 4 rings (SSSR count). The molecule has 1 saturated heterocycles. The Kier molecular flexibility index (Phi) is 7.92. The summed E-state index contributed by atoms with van der Waals surface area (Å²) in [5.74, 6) is -0.422. The first-order valence-corrected chi connectivity index (χ1v) is 14.8. The summed E-state index contributed by atoms with van der Waals surface area (Å²) in [5, 5.41) is 0. The summed E-state index contributed by atoms with van der Waals surface area (Å²) < 4.78 is 39.9. The molecular formula is C27H35F3Si. The molecule has 0 aromatic heterocycles. The zero-order valence-electron chi connectivity index (χ0n) is 18.5. The van der Waals surface area contributed by atoms with Crippen LogP contribution in [0.5, 0.6) is 0 Å². The molecule has 0 atom stereocenters. The quantitative estimate of drug-likeness (QED) is 0.296. The van der Waals surface area contributed by atoms with E-state index in [2.05, 4.69) is 18.2 Å². The minimum absolute atomic E-state index is 0.169. The van der Waals surface area contributed by atoms with E-state index < -0.39 is 20.4 Å². The van der Waals surface area contributed by atoms with Crippen LogP contribution in [0.3, 0.4) is 0 Å². The van der Waals surface area contributed by atoms with E-state index in [0.717, 1.165) is 24.0 Å². The Bertz CT molecular complexity index is 852. The van der Waals surface area contributed by atoms with Gasteiger partial charge in [0.15, 0.2) is 11.6 Å². The fourth-order valence-corrected chi connectivity index (χ4v) is 9.30. The highest BCUT2D eigenvalue weighted by Crippen LogP contribution is 2.42. The van der Waals surface area contributed by atoms with E-state index in [-0.39, 0.29) is 6.67 Å². The van der Waals surface area contributed by atoms with E-state index >= 15 is 0 Å². The van der Waals surface area contributed by atoms with Crippen LogP contribution in [0.1, 0.15) is 80.8 Å². The smallest absolute Gasteiger partial charge is 0.159 e. The van der Waals surface area contributed by atoms with Crippen molar-refractivity contribution in [2.24, 2.45) is 0 Å². The monoisotopic (exact) mass is 444 g/mol. The average molecular weight is 445 g/mol. The van der Waals surface area contributed by atoms with Gasteiger partial charge in [-0.05, 0) is 78.3 Å². The molecule has 1 saturated carbocycles. The normalized spacial score (nSPS) is 22.5. The van der Waals surface area contributed by atoms with Gasteiger partial charge >= 0.3 is 0 Å². The number of benzene rings is 2. The van der Waals surface area contributed by atoms with Gasteiger partial charge in [-0.3, -0.25) is 4.39 Å². The Morgan fingerprint density at radius 1 is 0.774 bits per heavy atom. The third kappa shape index (κ3) is 5.63. The predicted octanol–water partition coefficient (Wildman–Crippen LogP) is 8.53. The van der Waals surface area contributed by atoms with Gasteiger partial charge in [-0.25, -0.2) is 8.78 Å². The van der Waals surface area contributed by atoms with Gasteiger partial charge in [-0.15, -0.1) is 0 Å². The van der Waals surface area contributed by atoms with Gasteiger partial charge in [0.2, 0.25) is 0 Å².